The molecule has 37 heavy (non-hydrogen) atoms. The number of aliphatic hydroxyl groups is 1. The highest BCUT2D eigenvalue weighted by Crippen LogP contribution is 2.44. The largest absolute Gasteiger partial charge is 0.507 e. The van der Waals surface area contributed by atoms with Crippen LogP contribution in [-0.2, 0) is 9.59 Å². The topological polar surface area (TPSA) is 76.1 Å². The summed E-state index contributed by atoms with van der Waals surface area (Å²) in [5.74, 6) is -1.46. The lowest BCUT2D eigenvalue weighted by Gasteiger charge is -2.26. The Morgan fingerprint density at radius 1 is 1.11 bits per heavy atom. The van der Waals surface area contributed by atoms with E-state index in [-0.39, 0.29) is 28.0 Å². The average molecular weight is 524 g/mol. The van der Waals surface area contributed by atoms with Gasteiger partial charge >= 0.3 is 0 Å². The lowest BCUT2D eigenvalue weighted by Crippen LogP contribution is -2.29. The quantitative estimate of drug-likeness (QED) is 0.213. The number of aliphatic hydroxyl groups excluding tert-OH is 1. The molecule has 0 spiro atoms. The highest BCUT2D eigenvalue weighted by Gasteiger charge is 2.47. The van der Waals surface area contributed by atoms with Crippen molar-refractivity contribution in [2.45, 2.75) is 32.7 Å². The summed E-state index contributed by atoms with van der Waals surface area (Å²) < 4.78 is 25.0. The number of rotatable bonds is 7. The number of ether oxygens (including phenoxy) is 2. The minimum absolute atomic E-state index is 0.0762. The second-order valence-corrected chi connectivity index (χ2v) is 9.29. The maximum Gasteiger partial charge on any atom is 0.300 e. The Morgan fingerprint density at radius 2 is 1.86 bits per heavy atom. The van der Waals surface area contributed by atoms with Crippen molar-refractivity contribution in [3.05, 3.63) is 93.8 Å². The van der Waals surface area contributed by atoms with E-state index in [1.165, 1.54) is 24.1 Å². The smallest absolute Gasteiger partial charge is 0.300 e. The molecule has 3 aromatic carbocycles. The molecule has 1 saturated heterocycles. The predicted octanol–water partition coefficient (Wildman–Crippen LogP) is 6.64. The molecule has 0 bridgehead atoms. The van der Waals surface area contributed by atoms with Crippen LogP contribution >= 0.6 is 11.6 Å². The van der Waals surface area contributed by atoms with Crippen LogP contribution in [-0.4, -0.2) is 30.5 Å². The fraction of sp³-hybridized carbons (Fsp3) is 0.241. The maximum atomic E-state index is 13.9. The Balaban J connectivity index is 1.95. The number of halogens is 2. The van der Waals surface area contributed by atoms with E-state index in [2.05, 4.69) is 0 Å². The van der Waals surface area contributed by atoms with Gasteiger partial charge in [0.2, 0.25) is 0 Å². The molecule has 1 N–H and O–H groups in total. The zero-order valence-corrected chi connectivity index (χ0v) is 21.7. The van der Waals surface area contributed by atoms with E-state index in [1.54, 1.807) is 42.5 Å². The average Bonchev–Trinajstić information content (AvgIpc) is 3.15. The highest BCUT2D eigenvalue weighted by atomic mass is 35.5. The first-order valence-corrected chi connectivity index (χ1v) is 12.2. The Morgan fingerprint density at radius 3 is 2.51 bits per heavy atom. The number of methoxy groups -OCH3 is 1. The van der Waals surface area contributed by atoms with Crippen molar-refractivity contribution in [3.63, 3.8) is 0 Å². The molecule has 6 nitrogen and oxygen atoms in total. The van der Waals surface area contributed by atoms with Gasteiger partial charge in [-0.1, -0.05) is 37.6 Å². The maximum absolute atomic E-state index is 13.9. The molecule has 1 fully saturated rings. The lowest BCUT2D eigenvalue weighted by molar-refractivity contribution is -0.132. The van der Waals surface area contributed by atoms with E-state index in [0.717, 1.165) is 11.6 Å². The summed E-state index contributed by atoms with van der Waals surface area (Å²) in [5, 5.41) is 11.3. The van der Waals surface area contributed by atoms with Gasteiger partial charge in [0.25, 0.3) is 11.7 Å². The van der Waals surface area contributed by atoms with E-state index >= 15 is 0 Å². The van der Waals surface area contributed by atoms with Gasteiger partial charge in [0.1, 0.15) is 23.1 Å². The van der Waals surface area contributed by atoms with Crippen LogP contribution in [0.3, 0.4) is 0 Å². The molecule has 0 aliphatic carbocycles. The number of carbonyl (C=O) groups is 2. The molecule has 8 heteroatoms. The Labute approximate surface area is 219 Å². The summed E-state index contributed by atoms with van der Waals surface area (Å²) in [4.78, 5) is 28.0. The van der Waals surface area contributed by atoms with Crippen LogP contribution in [0.1, 0.15) is 49.4 Å². The van der Waals surface area contributed by atoms with Crippen molar-refractivity contribution in [3.8, 4) is 11.5 Å². The zero-order chi connectivity index (χ0) is 26.9. The van der Waals surface area contributed by atoms with Gasteiger partial charge in [-0.25, -0.2) is 4.39 Å². The summed E-state index contributed by atoms with van der Waals surface area (Å²) >= 11 is 6.01. The van der Waals surface area contributed by atoms with E-state index in [9.17, 15) is 19.1 Å². The number of amides is 1. The second-order valence-electron chi connectivity index (χ2n) is 8.88. The second kappa shape index (κ2) is 10.6. The van der Waals surface area contributed by atoms with Gasteiger partial charge in [-0.2, -0.15) is 0 Å². The molecule has 1 amide bonds. The summed E-state index contributed by atoms with van der Waals surface area (Å²) in [6.07, 6.45) is 0. The third-order valence-electron chi connectivity index (χ3n) is 6.24. The lowest BCUT2D eigenvalue weighted by atomic mass is 9.93. The van der Waals surface area contributed by atoms with Crippen molar-refractivity contribution >= 4 is 34.7 Å². The van der Waals surface area contributed by atoms with Crippen molar-refractivity contribution in [2.75, 3.05) is 18.6 Å². The van der Waals surface area contributed by atoms with Gasteiger partial charge in [-0.05, 0) is 72.5 Å². The fourth-order valence-corrected chi connectivity index (χ4v) is 4.62. The molecule has 1 aliphatic heterocycles. The third-order valence-corrected chi connectivity index (χ3v) is 6.53. The van der Waals surface area contributed by atoms with Gasteiger partial charge in [-0.15, -0.1) is 0 Å². The van der Waals surface area contributed by atoms with Crippen LogP contribution in [0.2, 0.25) is 5.02 Å². The Bertz CT molecular complexity index is 1400. The van der Waals surface area contributed by atoms with Crippen molar-refractivity contribution in [1.82, 2.24) is 0 Å². The minimum atomic E-state index is -1.01. The summed E-state index contributed by atoms with van der Waals surface area (Å²) in [6.45, 7) is 6.35. The van der Waals surface area contributed by atoms with E-state index in [1.807, 2.05) is 20.8 Å². The van der Waals surface area contributed by atoms with E-state index < -0.39 is 23.5 Å². The SMILES string of the molecule is CCOc1ccc(/C(O)=C2/C(=O)C(=O)N(c3ccc(F)c(Cl)c3)C2c2cccc(OC)c2)cc1C(C)C. The number of hydrogen-bond donors (Lipinski definition) is 1. The van der Waals surface area contributed by atoms with Gasteiger partial charge in [0, 0.05) is 11.3 Å². The molecular formula is C29H27ClFNO5. The summed E-state index contributed by atoms with van der Waals surface area (Å²) in [5.41, 5.74) is 1.86. The van der Waals surface area contributed by atoms with Gasteiger partial charge in [0.05, 0.1) is 30.4 Å². The molecule has 1 aliphatic rings. The van der Waals surface area contributed by atoms with Crippen LogP contribution < -0.4 is 14.4 Å². The van der Waals surface area contributed by atoms with Gasteiger partial charge in [0.15, 0.2) is 0 Å². The molecule has 1 unspecified atom stereocenters. The van der Waals surface area contributed by atoms with Crippen LogP contribution in [0.4, 0.5) is 10.1 Å². The predicted molar refractivity (Wildman–Crippen MR) is 141 cm³/mol. The normalized spacial score (nSPS) is 16.9. The summed E-state index contributed by atoms with van der Waals surface area (Å²) in [7, 11) is 1.50. The molecule has 0 aromatic heterocycles. The van der Waals surface area contributed by atoms with E-state index in [4.69, 9.17) is 21.1 Å². The van der Waals surface area contributed by atoms with E-state index in [0.29, 0.717) is 29.2 Å². The molecule has 3 aromatic rings. The van der Waals surface area contributed by atoms with Crippen LogP contribution in [0, 0.1) is 5.82 Å². The van der Waals surface area contributed by atoms with Crippen molar-refractivity contribution < 1.29 is 28.6 Å². The minimum Gasteiger partial charge on any atom is -0.507 e. The highest BCUT2D eigenvalue weighted by molar-refractivity contribution is 6.51. The van der Waals surface area contributed by atoms with Crippen molar-refractivity contribution in [2.24, 2.45) is 0 Å². The number of ketones is 1. The van der Waals surface area contributed by atoms with Crippen LogP contribution in [0.15, 0.2) is 66.2 Å². The fourth-order valence-electron chi connectivity index (χ4n) is 4.45. The molecule has 4 rings (SSSR count). The Kier molecular flexibility index (Phi) is 7.55. The molecule has 192 valence electrons. The number of carbonyl (C=O) groups excluding carboxylic acids is 2. The zero-order valence-electron chi connectivity index (χ0n) is 20.9. The molecular weight excluding hydrogens is 497 g/mol. The van der Waals surface area contributed by atoms with Crippen LogP contribution in [0.5, 0.6) is 11.5 Å². The first-order valence-electron chi connectivity index (χ1n) is 11.8. The number of anilines is 1. The number of hydrogen-bond acceptors (Lipinski definition) is 5. The first-order chi connectivity index (χ1) is 17.7. The molecule has 1 atom stereocenters. The number of Topliss-reactive ketones (excluding diaryl/α,β-unsaturated/α-hetero) is 1. The molecule has 0 radical (unpaired) electrons. The molecule has 1 heterocycles. The van der Waals surface area contributed by atoms with Gasteiger partial charge < -0.3 is 14.6 Å². The Hall–Kier alpha value is -3.84. The monoisotopic (exact) mass is 523 g/mol. The number of nitrogens with zero attached hydrogens (tertiary/aromatic N) is 1. The third kappa shape index (κ3) is 4.91. The first kappa shape index (κ1) is 26.2. The van der Waals surface area contributed by atoms with Crippen molar-refractivity contribution in [1.29, 1.82) is 0 Å². The summed E-state index contributed by atoms with van der Waals surface area (Å²) in [6, 6.07) is 14.8. The standard InChI is InChI=1S/C29H27ClFNO5/c1-5-37-24-12-9-18(14-21(24)16(2)3)27(33)25-26(17-7-6-8-20(13-17)36-4)32(29(35)28(25)34)19-10-11-23(31)22(30)15-19/h6-16,26,33H,5H2,1-4H3/b27-25-. The number of benzene rings is 3. The van der Waals surface area contributed by atoms with Crippen LogP contribution in [0.25, 0.3) is 5.76 Å². The molecule has 0 saturated carbocycles. The van der Waals surface area contributed by atoms with Gasteiger partial charge in [-0.3, -0.25) is 14.5 Å².